The van der Waals surface area contributed by atoms with Crippen molar-refractivity contribution in [3.05, 3.63) is 54.1 Å². The van der Waals surface area contributed by atoms with Crippen molar-refractivity contribution in [3.63, 3.8) is 0 Å². The van der Waals surface area contributed by atoms with Crippen LogP contribution in [0.5, 0.6) is 0 Å². The molecule has 5 heteroatoms. The zero-order valence-electron chi connectivity index (χ0n) is 18.3. The van der Waals surface area contributed by atoms with Crippen LogP contribution in [0.3, 0.4) is 0 Å². The number of rotatable bonds is 7. The molecular formula is C24H33N3O2. The number of nitrogens with one attached hydrogen (secondary N) is 3. The quantitative estimate of drug-likeness (QED) is 0.569. The standard InChI is InChI=1S/C24H33N3O2/c1-7-16(2)20-10-8-9-11-21(20)27-22(28)17(3)25-18-12-14-19(15-13-18)26-23(29)24(4,5)6/h8-17,25H,7H2,1-6H3,(H,26,29)(H,27,28). The van der Waals surface area contributed by atoms with Gasteiger partial charge in [0.15, 0.2) is 0 Å². The maximum atomic E-state index is 12.7. The maximum absolute atomic E-state index is 12.7. The molecule has 2 aromatic rings. The molecule has 0 fully saturated rings. The van der Waals surface area contributed by atoms with E-state index in [2.05, 4.69) is 35.9 Å². The number of carbonyl (C=O) groups is 2. The average Bonchev–Trinajstić information content (AvgIpc) is 2.68. The van der Waals surface area contributed by atoms with Crippen molar-refractivity contribution >= 4 is 28.9 Å². The molecule has 156 valence electrons. The number of amides is 2. The van der Waals surface area contributed by atoms with Gasteiger partial charge in [-0.25, -0.2) is 0 Å². The van der Waals surface area contributed by atoms with Crippen LogP contribution in [0.15, 0.2) is 48.5 Å². The molecule has 3 N–H and O–H groups in total. The minimum atomic E-state index is -0.449. The van der Waals surface area contributed by atoms with Gasteiger partial charge in [-0.2, -0.15) is 0 Å². The molecule has 5 nitrogen and oxygen atoms in total. The van der Waals surface area contributed by atoms with Crippen LogP contribution in [0.1, 0.15) is 59.4 Å². The molecule has 0 aliphatic heterocycles. The van der Waals surface area contributed by atoms with Crippen molar-refractivity contribution in [3.8, 4) is 0 Å². The Kier molecular flexibility index (Phi) is 7.43. The number of benzene rings is 2. The van der Waals surface area contributed by atoms with E-state index < -0.39 is 11.5 Å². The molecule has 2 unspecified atom stereocenters. The normalized spacial score (nSPS) is 13.3. The van der Waals surface area contributed by atoms with E-state index in [9.17, 15) is 9.59 Å². The Morgan fingerprint density at radius 3 is 2.07 bits per heavy atom. The molecular weight excluding hydrogens is 362 g/mol. The minimum absolute atomic E-state index is 0.0362. The Morgan fingerprint density at radius 1 is 0.897 bits per heavy atom. The average molecular weight is 396 g/mol. The number of para-hydroxylation sites is 1. The molecule has 0 aromatic heterocycles. The van der Waals surface area contributed by atoms with Crippen LogP contribution < -0.4 is 16.0 Å². The van der Waals surface area contributed by atoms with Crippen molar-refractivity contribution < 1.29 is 9.59 Å². The largest absolute Gasteiger partial charge is 0.374 e. The molecule has 0 aliphatic carbocycles. The Hall–Kier alpha value is -2.82. The van der Waals surface area contributed by atoms with E-state index in [-0.39, 0.29) is 11.8 Å². The van der Waals surface area contributed by atoms with Gasteiger partial charge < -0.3 is 16.0 Å². The van der Waals surface area contributed by atoms with Crippen molar-refractivity contribution in [2.75, 3.05) is 16.0 Å². The number of anilines is 3. The van der Waals surface area contributed by atoms with Crippen molar-refractivity contribution in [2.24, 2.45) is 5.41 Å². The van der Waals surface area contributed by atoms with Crippen LogP contribution in [0.25, 0.3) is 0 Å². The molecule has 0 aliphatic rings. The highest BCUT2D eigenvalue weighted by atomic mass is 16.2. The second-order valence-electron chi connectivity index (χ2n) is 8.53. The van der Waals surface area contributed by atoms with E-state index in [1.54, 1.807) is 0 Å². The molecule has 2 aromatic carbocycles. The van der Waals surface area contributed by atoms with Crippen LogP contribution in [0, 0.1) is 5.41 Å². The first-order valence-corrected chi connectivity index (χ1v) is 10.2. The van der Waals surface area contributed by atoms with Crippen LogP contribution in [0.2, 0.25) is 0 Å². The fraction of sp³-hybridized carbons (Fsp3) is 0.417. The van der Waals surface area contributed by atoms with E-state index in [1.165, 1.54) is 0 Å². The third-order valence-corrected chi connectivity index (χ3v) is 4.96. The zero-order valence-corrected chi connectivity index (χ0v) is 18.3. The lowest BCUT2D eigenvalue weighted by Crippen LogP contribution is -2.32. The molecule has 0 bridgehead atoms. The second kappa shape index (κ2) is 9.59. The summed E-state index contributed by atoms with van der Waals surface area (Å²) < 4.78 is 0. The van der Waals surface area contributed by atoms with Crippen molar-refractivity contribution in [1.82, 2.24) is 0 Å². The summed E-state index contributed by atoms with van der Waals surface area (Å²) in [6, 6.07) is 14.9. The molecule has 2 rings (SSSR count). The predicted octanol–water partition coefficient (Wildman–Crippen LogP) is 5.62. The maximum Gasteiger partial charge on any atom is 0.246 e. The smallest absolute Gasteiger partial charge is 0.246 e. The molecule has 0 spiro atoms. The lowest BCUT2D eigenvalue weighted by molar-refractivity contribution is -0.123. The Morgan fingerprint density at radius 2 is 1.48 bits per heavy atom. The fourth-order valence-electron chi connectivity index (χ4n) is 2.79. The molecule has 0 heterocycles. The molecule has 2 amide bonds. The molecule has 0 radical (unpaired) electrons. The third kappa shape index (κ3) is 6.34. The fourth-order valence-corrected chi connectivity index (χ4v) is 2.79. The topological polar surface area (TPSA) is 70.2 Å². The first kappa shape index (κ1) is 22.5. The minimum Gasteiger partial charge on any atom is -0.374 e. The summed E-state index contributed by atoms with van der Waals surface area (Å²) in [4.78, 5) is 24.7. The van der Waals surface area contributed by atoms with Gasteiger partial charge >= 0.3 is 0 Å². The Labute approximate surface area is 174 Å². The van der Waals surface area contributed by atoms with Gasteiger partial charge in [0.2, 0.25) is 11.8 Å². The first-order valence-electron chi connectivity index (χ1n) is 10.2. The van der Waals surface area contributed by atoms with Crippen molar-refractivity contribution in [1.29, 1.82) is 0 Å². The number of hydrogen-bond donors (Lipinski definition) is 3. The summed E-state index contributed by atoms with van der Waals surface area (Å²) in [6.45, 7) is 11.7. The van der Waals surface area contributed by atoms with Crippen LogP contribution in [0.4, 0.5) is 17.1 Å². The molecule has 0 saturated carbocycles. The third-order valence-electron chi connectivity index (χ3n) is 4.96. The Balaban J connectivity index is 1.99. The van der Waals surface area contributed by atoms with E-state index in [0.29, 0.717) is 5.92 Å². The lowest BCUT2D eigenvalue weighted by Gasteiger charge is -2.20. The van der Waals surface area contributed by atoms with E-state index in [1.807, 2.05) is 70.2 Å². The summed E-state index contributed by atoms with van der Waals surface area (Å²) in [7, 11) is 0. The summed E-state index contributed by atoms with van der Waals surface area (Å²) >= 11 is 0. The number of carbonyl (C=O) groups excluding carboxylic acids is 2. The van der Waals surface area contributed by atoms with Gasteiger partial charge in [-0.05, 0) is 55.2 Å². The second-order valence-corrected chi connectivity index (χ2v) is 8.53. The van der Waals surface area contributed by atoms with Gasteiger partial charge in [0.1, 0.15) is 6.04 Å². The highest BCUT2D eigenvalue weighted by Gasteiger charge is 2.21. The van der Waals surface area contributed by atoms with Crippen LogP contribution in [-0.2, 0) is 9.59 Å². The van der Waals surface area contributed by atoms with Crippen LogP contribution >= 0.6 is 0 Å². The van der Waals surface area contributed by atoms with Gasteiger partial charge in [0, 0.05) is 22.5 Å². The van der Waals surface area contributed by atoms with Gasteiger partial charge in [0.05, 0.1) is 0 Å². The first-order chi connectivity index (χ1) is 13.6. The predicted molar refractivity (Wildman–Crippen MR) is 121 cm³/mol. The van der Waals surface area contributed by atoms with Gasteiger partial charge in [-0.3, -0.25) is 9.59 Å². The molecule has 0 saturated heterocycles. The van der Waals surface area contributed by atoms with Crippen LogP contribution in [-0.4, -0.2) is 17.9 Å². The van der Waals surface area contributed by atoms with Gasteiger partial charge in [0.25, 0.3) is 0 Å². The van der Waals surface area contributed by atoms with Crippen molar-refractivity contribution in [2.45, 2.75) is 59.9 Å². The zero-order chi connectivity index (χ0) is 21.6. The highest BCUT2D eigenvalue weighted by Crippen LogP contribution is 2.27. The molecule has 29 heavy (non-hydrogen) atoms. The SMILES string of the molecule is CCC(C)c1ccccc1NC(=O)C(C)Nc1ccc(NC(=O)C(C)(C)C)cc1. The summed E-state index contributed by atoms with van der Waals surface area (Å²) in [5.74, 6) is 0.252. The summed E-state index contributed by atoms with van der Waals surface area (Å²) in [6.07, 6.45) is 1.01. The monoisotopic (exact) mass is 395 g/mol. The van der Waals surface area contributed by atoms with Gasteiger partial charge in [-0.15, -0.1) is 0 Å². The molecule has 2 atom stereocenters. The number of hydrogen-bond acceptors (Lipinski definition) is 3. The van der Waals surface area contributed by atoms with E-state index in [0.717, 1.165) is 29.0 Å². The summed E-state index contributed by atoms with van der Waals surface area (Å²) in [5, 5.41) is 9.15. The lowest BCUT2D eigenvalue weighted by atomic mass is 9.95. The Bertz CT molecular complexity index is 838. The summed E-state index contributed by atoms with van der Waals surface area (Å²) in [5.41, 5.74) is 3.11. The van der Waals surface area contributed by atoms with E-state index in [4.69, 9.17) is 0 Å². The van der Waals surface area contributed by atoms with E-state index >= 15 is 0 Å². The van der Waals surface area contributed by atoms with Gasteiger partial charge in [-0.1, -0.05) is 52.8 Å². The highest BCUT2D eigenvalue weighted by molar-refractivity contribution is 5.97.